The summed E-state index contributed by atoms with van der Waals surface area (Å²) in [5, 5.41) is 21.5. The number of thioether (sulfide) groups is 1. The number of nitrogens with zero attached hydrogens (tertiary/aromatic N) is 7. The van der Waals surface area contributed by atoms with Gasteiger partial charge in [0, 0.05) is 0 Å². The van der Waals surface area contributed by atoms with Crippen molar-refractivity contribution in [3.05, 3.63) is 71.8 Å². The van der Waals surface area contributed by atoms with Crippen molar-refractivity contribution >= 4 is 11.8 Å². The van der Waals surface area contributed by atoms with Crippen LogP contribution in [0.25, 0.3) is 11.4 Å². The molecule has 0 unspecified atom stereocenters. The minimum absolute atomic E-state index is 0.589. The summed E-state index contributed by atoms with van der Waals surface area (Å²) in [6.07, 6.45) is 0. The van der Waals surface area contributed by atoms with Gasteiger partial charge in [0.1, 0.15) is 5.82 Å². The fourth-order valence-corrected chi connectivity index (χ4v) is 3.62. The van der Waals surface area contributed by atoms with Gasteiger partial charge in [0.15, 0.2) is 11.0 Å². The van der Waals surface area contributed by atoms with Gasteiger partial charge in [-0.05, 0) is 48.0 Å². The topological polar surface area (TPSA) is 74.3 Å². The van der Waals surface area contributed by atoms with Crippen molar-refractivity contribution in [1.29, 1.82) is 0 Å². The molecule has 0 bridgehead atoms. The van der Waals surface area contributed by atoms with E-state index >= 15 is 0 Å². The van der Waals surface area contributed by atoms with Gasteiger partial charge in [-0.25, -0.2) is 0 Å². The first kappa shape index (κ1) is 16.5. The molecule has 0 aliphatic rings. The lowest BCUT2D eigenvalue weighted by molar-refractivity contribution is 0.777. The zero-order valence-corrected chi connectivity index (χ0v) is 15.3. The summed E-state index contributed by atoms with van der Waals surface area (Å²) < 4.78 is 3.81. The predicted octanol–water partition coefficient (Wildman–Crippen LogP) is 3.15. The first-order valence-electron chi connectivity index (χ1n) is 8.17. The van der Waals surface area contributed by atoms with Crippen molar-refractivity contribution in [2.24, 2.45) is 0 Å². The maximum atomic E-state index is 4.33. The molecule has 0 saturated carbocycles. The van der Waals surface area contributed by atoms with Gasteiger partial charge in [-0.3, -0.25) is 4.57 Å². The number of hydrogen-bond acceptors (Lipinski definition) is 6. The quantitative estimate of drug-likeness (QED) is 0.507. The zero-order chi connectivity index (χ0) is 17.9. The number of hydrogen-bond donors (Lipinski definition) is 0. The Hall–Kier alpha value is -3.00. The summed E-state index contributed by atoms with van der Waals surface area (Å²) in [4.78, 5) is 0. The van der Waals surface area contributed by atoms with Gasteiger partial charge in [-0.15, -0.1) is 15.3 Å². The van der Waals surface area contributed by atoms with Crippen molar-refractivity contribution in [2.75, 3.05) is 0 Å². The lowest BCUT2D eigenvalue weighted by Gasteiger charge is -2.11. The molecule has 4 rings (SSSR count). The average molecular weight is 363 g/mol. The van der Waals surface area contributed by atoms with Crippen molar-refractivity contribution in [1.82, 2.24) is 35.0 Å². The summed E-state index contributed by atoms with van der Waals surface area (Å²) in [6, 6.07) is 18.1. The van der Waals surface area contributed by atoms with Gasteiger partial charge in [0.05, 0.1) is 17.1 Å². The molecule has 0 atom stereocenters. The van der Waals surface area contributed by atoms with Crippen molar-refractivity contribution in [3.8, 4) is 11.4 Å². The third kappa shape index (κ3) is 3.11. The van der Waals surface area contributed by atoms with Crippen LogP contribution in [0.3, 0.4) is 0 Å². The zero-order valence-electron chi connectivity index (χ0n) is 14.4. The van der Waals surface area contributed by atoms with Crippen LogP contribution in [0.1, 0.15) is 17.2 Å². The molecule has 4 aromatic rings. The second kappa shape index (κ2) is 7.09. The second-order valence-corrected chi connectivity index (χ2v) is 6.73. The molecule has 0 aliphatic heterocycles. The van der Waals surface area contributed by atoms with E-state index in [4.69, 9.17) is 0 Å². The van der Waals surface area contributed by atoms with E-state index in [1.165, 1.54) is 5.56 Å². The Bertz CT molecular complexity index is 1020. The lowest BCUT2D eigenvalue weighted by atomic mass is 10.2. The summed E-state index contributed by atoms with van der Waals surface area (Å²) >= 11 is 1.56. The summed E-state index contributed by atoms with van der Waals surface area (Å²) in [5.41, 5.74) is 3.19. The molecule has 0 saturated heterocycles. The van der Waals surface area contributed by atoms with Crippen molar-refractivity contribution in [3.63, 3.8) is 0 Å². The fourth-order valence-electron chi connectivity index (χ4n) is 2.72. The second-order valence-electron chi connectivity index (χ2n) is 5.78. The minimum atomic E-state index is 0.589. The maximum absolute atomic E-state index is 4.33. The molecule has 26 heavy (non-hydrogen) atoms. The number of tetrazole rings is 1. The molecule has 0 spiro atoms. The van der Waals surface area contributed by atoms with E-state index < -0.39 is 0 Å². The Morgan fingerprint density at radius 3 is 2.46 bits per heavy atom. The van der Waals surface area contributed by atoms with E-state index in [-0.39, 0.29) is 0 Å². The lowest BCUT2D eigenvalue weighted by Crippen LogP contribution is -2.04. The van der Waals surface area contributed by atoms with Crippen LogP contribution < -0.4 is 0 Å². The van der Waals surface area contributed by atoms with Crippen LogP contribution in [0.5, 0.6) is 0 Å². The Balaban J connectivity index is 1.62. The molecule has 130 valence electrons. The number of benzene rings is 2. The highest BCUT2D eigenvalue weighted by atomic mass is 32.2. The third-order valence-corrected chi connectivity index (χ3v) is 4.94. The number of para-hydroxylation sites is 2. The Morgan fingerprint density at radius 1 is 0.885 bits per heavy atom. The number of aryl methyl sites for hydroxylation is 2. The normalized spacial score (nSPS) is 11.0. The monoisotopic (exact) mass is 363 g/mol. The number of rotatable bonds is 5. The third-order valence-electron chi connectivity index (χ3n) is 4.02. The Kier molecular flexibility index (Phi) is 4.49. The highest BCUT2D eigenvalue weighted by molar-refractivity contribution is 7.98. The fraction of sp³-hybridized carbons (Fsp3) is 0.167. The molecule has 0 N–H and O–H groups in total. The summed E-state index contributed by atoms with van der Waals surface area (Å²) in [5.74, 6) is 2.20. The van der Waals surface area contributed by atoms with Crippen molar-refractivity contribution in [2.45, 2.75) is 24.8 Å². The van der Waals surface area contributed by atoms with Crippen LogP contribution in [-0.4, -0.2) is 35.0 Å². The van der Waals surface area contributed by atoms with E-state index in [9.17, 15) is 0 Å². The van der Waals surface area contributed by atoms with E-state index in [2.05, 4.69) is 49.3 Å². The van der Waals surface area contributed by atoms with Gasteiger partial charge in [0.25, 0.3) is 0 Å². The maximum Gasteiger partial charge on any atom is 0.196 e. The Morgan fingerprint density at radius 2 is 1.65 bits per heavy atom. The van der Waals surface area contributed by atoms with Crippen LogP contribution >= 0.6 is 11.8 Å². The first-order valence-corrected chi connectivity index (χ1v) is 9.16. The molecular weight excluding hydrogens is 346 g/mol. The van der Waals surface area contributed by atoms with Crippen molar-refractivity contribution < 1.29 is 0 Å². The first-order chi connectivity index (χ1) is 12.7. The highest BCUT2D eigenvalue weighted by Crippen LogP contribution is 2.26. The van der Waals surface area contributed by atoms with E-state index in [1.54, 1.807) is 16.4 Å². The SMILES string of the molecule is Cc1ccccc1-n1c(C)nnc1SCc1nnnn1-c1ccccc1. The van der Waals surface area contributed by atoms with Crippen LogP contribution in [-0.2, 0) is 5.75 Å². The van der Waals surface area contributed by atoms with Gasteiger partial charge in [-0.2, -0.15) is 4.68 Å². The van der Waals surface area contributed by atoms with Crippen LogP contribution in [0, 0.1) is 13.8 Å². The van der Waals surface area contributed by atoms with Gasteiger partial charge >= 0.3 is 0 Å². The molecule has 2 aromatic heterocycles. The van der Waals surface area contributed by atoms with Crippen LogP contribution in [0.4, 0.5) is 0 Å². The van der Waals surface area contributed by atoms with Gasteiger partial charge in [-0.1, -0.05) is 48.2 Å². The molecule has 0 fully saturated rings. The smallest absolute Gasteiger partial charge is 0.196 e. The molecule has 8 heteroatoms. The molecule has 0 radical (unpaired) electrons. The molecule has 2 aromatic carbocycles. The number of aromatic nitrogens is 7. The average Bonchev–Trinajstić information content (AvgIpc) is 3.28. The molecular formula is C18H17N7S. The molecule has 2 heterocycles. The van der Waals surface area contributed by atoms with Crippen LogP contribution in [0.15, 0.2) is 59.8 Å². The molecule has 7 nitrogen and oxygen atoms in total. The van der Waals surface area contributed by atoms with E-state index in [0.717, 1.165) is 28.2 Å². The van der Waals surface area contributed by atoms with Crippen LogP contribution in [0.2, 0.25) is 0 Å². The van der Waals surface area contributed by atoms with E-state index in [0.29, 0.717) is 5.75 Å². The minimum Gasteiger partial charge on any atom is -0.274 e. The van der Waals surface area contributed by atoms with Gasteiger partial charge in [0.2, 0.25) is 0 Å². The predicted molar refractivity (Wildman–Crippen MR) is 99.5 cm³/mol. The van der Waals surface area contributed by atoms with Gasteiger partial charge < -0.3 is 0 Å². The Labute approximate surface area is 155 Å². The van der Waals surface area contributed by atoms with E-state index in [1.807, 2.05) is 49.4 Å². The summed E-state index contributed by atoms with van der Waals surface area (Å²) in [6.45, 7) is 4.04. The highest BCUT2D eigenvalue weighted by Gasteiger charge is 2.15. The molecule has 0 amide bonds. The standard InChI is InChI=1S/C18H17N7S/c1-13-8-6-7-11-16(13)24-14(2)19-21-18(24)26-12-17-20-22-23-25(17)15-9-4-3-5-10-15/h3-11H,12H2,1-2H3. The molecule has 0 aliphatic carbocycles. The summed E-state index contributed by atoms with van der Waals surface area (Å²) in [7, 11) is 0. The largest absolute Gasteiger partial charge is 0.274 e.